The van der Waals surface area contributed by atoms with Crippen LogP contribution in [-0.4, -0.2) is 28.5 Å². The topological polar surface area (TPSA) is 40.5 Å². The summed E-state index contributed by atoms with van der Waals surface area (Å²) in [5, 5.41) is 12.2. The predicted molar refractivity (Wildman–Crippen MR) is 103 cm³/mol. The second-order valence-electron chi connectivity index (χ2n) is 7.50. The molecule has 4 heteroatoms. The number of halogens is 1. The maximum atomic E-state index is 13.1. The van der Waals surface area contributed by atoms with Crippen molar-refractivity contribution >= 4 is 17.5 Å². The molecular weight excluding hydrogens is 346 g/mol. The lowest BCUT2D eigenvalue weighted by molar-refractivity contribution is -0.110. The fraction of sp³-hybridized carbons (Fsp3) is 0.409. The van der Waals surface area contributed by atoms with E-state index in [4.69, 9.17) is 11.6 Å². The number of likely N-dealkylation sites (tertiary alicyclic amines) is 1. The van der Waals surface area contributed by atoms with Crippen molar-refractivity contribution in [2.45, 2.75) is 43.7 Å². The van der Waals surface area contributed by atoms with Crippen LogP contribution in [0.1, 0.15) is 48.0 Å². The van der Waals surface area contributed by atoms with Gasteiger partial charge in [-0.25, -0.2) is 0 Å². The van der Waals surface area contributed by atoms with Gasteiger partial charge in [0.15, 0.2) is 0 Å². The van der Waals surface area contributed by atoms with Gasteiger partial charge in [-0.1, -0.05) is 54.8 Å². The maximum Gasteiger partial charge on any atom is 0.254 e. The molecule has 2 aliphatic rings. The quantitative estimate of drug-likeness (QED) is 0.838. The molecule has 0 radical (unpaired) electrons. The molecule has 3 nitrogen and oxygen atoms in total. The first-order chi connectivity index (χ1) is 12.6. The number of hydrogen-bond acceptors (Lipinski definition) is 2. The summed E-state index contributed by atoms with van der Waals surface area (Å²) in [5.41, 5.74) is 0.808. The van der Waals surface area contributed by atoms with E-state index in [1.165, 1.54) is 0 Å². The molecule has 4 rings (SSSR count). The van der Waals surface area contributed by atoms with Crippen molar-refractivity contribution in [1.82, 2.24) is 4.90 Å². The molecular formula is C22H24ClNO2. The molecule has 136 valence electrons. The maximum absolute atomic E-state index is 13.1. The summed E-state index contributed by atoms with van der Waals surface area (Å²) in [6, 6.07) is 17.2. The molecule has 1 N–H and O–H groups in total. The summed E-state index contributed by atoms with van der Waals surface area (Å²) < 4.78 is 0. The highest BCUT2D eigenvalue weighted by molar-refractivity contribution is 6.30. The second-order valence-corrected chi connectivity index (χ2v) is 7.94. The van der Waals surface area contributed by atoms with Gasteiger partial charge in [0, 0.05) is 29.1 Å². The fourth-order valence-corrected chi connectivity index (χ4v) is 4.91. The zero-order chi connectivity index (χ0) is 18.1. The van der Waals surface area contributed by atoms with Crippen LogP contribution in [-0.2, 0) is 5.60 Å². The molecule has 0 spiro atoms. The Bertz CT molecular complexity index is 776. The van der Waals surface area contributed by atoms with Gasteiger partial charge in [-0.2, -0.15) is 0 Å². The van der Waals surface area contributed by atoms with Crippen molar-refractivity contribution in [2.75, 3.05) is 6.54 Å². The van der Waals surface area contributed by atoms with Crippen LogP contribution in [0, 0.1) is 5.92 Å². The van der Waals surface area contributed by atoms with E-state index in [1.54, 1.807) is 24.3 Å². The summed E-state index contributed by atoms with van der Waals surface area (Å²) >= 11 is 5.96. The van der Waals surface area contributed by atoms with Gasteiger partial charge in [-0.15, -0.1) is 0 Å². The number of fused-ring (bicyclic) bond motifs is 1. The minimum Gasteiger partial charge on any atom is -0.385 e. The van der Waals surface area contributed by atoms with Gasteiger partial charge in [0.05, 0.1) is 5.60 Å². The van der Waals surface area contributed by atoms with E-state index in [1.807, 2.05) is 35.2 Å². The van der Waals surface area contributed by atoms with Crippen LogP contribution in [0.5, 0.6) is 0 Å². The smallest absolute Gasteiger partial charge is 0.254 e. The third-order valence-corrected chi connectivity index (χ3v) is 6.35. The molecule has 1 saturated heterocycles. The third kappa shape index (κ3) is 3.04. The van der Waals surface area contributed by atoms with Crippen LogP contribution in [0.3, 0.4) is 0 Å². The lowest BCUT2D eigenvalue weighted by Gasteiger charge is -2.52. The molecule has 0 aromatic heterocycles. The Morgan fingerprint density at radius 1 is 1.04 bits per heavy atom. The van der Waals surface area contributed by atoms with E-state index in [9.17, 15) is 9.90 Å². The molecule has 1 heterocycles. The first-order valence-corrected chi connectivity index (χ1v) is 9.82. The van der Waals surface area contributed by atoms with Gasteiger partial charge in [0.2, 0.25) is 0 Å². The van der Waals surface area contributed by atoms with E-state index < -0.39 is 5.60 Å². The summed E-state index contributed by atoms with van der Waals surface area (Å²) in [7, 11) is 0. The lowest BCUT2D eigenvalue weighted by Crippen LogP contribution is -2.58. The summed E-state index contributed by atoms with van der Waals surface area (Å²) in [5.74, 6) is 0.136. The van der Waals surface area contributed by atoms with Gasteiger partial charge < -0.3 is 10.0 Å². The normalized spacial score (nSPS) is 28.5. The van der Waals surface area contributed by atoms with E-state index in [0.29, 0.717) is 23.6 Å². The van der Waals surface area contributed by atoms with Crippen LogP contribution < -0.4 is 0 Å². The van der Waals surface area contributed by atoms with Crippen molar-refractivity contribution in [3.05, 3.63) is 70.7 Å². The number of hydrogen-bond donors (Lipinski definition) is 1. The lowest BCUT2D eigenvalue weighted by atomic mass is 9.66. The van der Waals surface area contributed by atoms with Crippen molar-refractivity contribution in [2.24, 2.45) is 5.92 Å². The average molecular weight is 370 g/mol. The number of aliphatic hydroxyl groups is 1. The van der Waals surface area contributed by atoms with Gasteiger partial charge in [-0.05, 0) is 49.1 Å². The van der Waals surface area contributed by atoms with Crippen molar-refractivity contribution in [3.8, 4) is 0 Å². The molecule has 0 bridgehead atoms. The Kier molecular flexibility index (Phi) is 4.76. The fourth-order valence-electron chi connectivity index (χ4n) is 4.78. The van der Waals surface area contributed by atoms with Crippen LogP contribution in [0.2, 0.25) is 5.02 Å². The Hall–Kier alpha value is -1.84. The minimum atomic E-state index is -0.844. The number of benzene rings is 2. The summed E-state index contributed by atoms with van der Waals surface area (Å²) in [6.07, 6.45) is 4.72. The largest absolute Gasteiger partial charge is 0.385 e. The number of rotatable bonds is 2. The Labute approximate surface area is 159 Å². The molecule has 1 saturated carbocycles. The molecule has 2 aromatic carbocycles. The minimum absolute atomic E-state index is 0.0497. The van der Waals surface area contributed by atoms with E-state index in [2.05, 4.69) is 0 Å². The monoisotopic (exact) mass is 369 g/mol. The van der Waals surface area contributed by atoms with Gasteiger partial charge >= 0.3 is 0 Å². The number of carbonyl (C=O) groups is 1. The average Bonchev–Trinajstić information content (AvgIpc) is 2.69. The van der Waals surface area contributed by atoms with Gasteiger partial charge in [0.1, 0.15) is 0 Å². The molecule has 26 heavy (non-hydrogen) atoms. The number of carbonyl (C=O) groups excluding carboxylic acids is 1. The molecule has 2 aromatic rings. The van der Waals surface area contributed by atoms with Crippen LogP contribution in [0.25, 0.3) is 0 Å². The number of piperidine rings is 1. The van der Waals surface area contributed by atoms with E-state index in [0.717, 1.165) is 31.2 Å². The van der Waals surface area contributed by atoms with Gasteiger partial charge in [-0.3, -0.25) is 4.79 Å². The Balaban J connectivity index is 1.64. The van der Waals surface area contributed by atoms with Crippen molar-refractivity contribution in [1.29, 1.82) is 0 Å². The zero-order valence-electron chi connectivity index (χ0n) is 14.8. The Morgan fingerprint density at radius 2 is 1.73 bits per heavy atom. The van der Waals surface area contributed by atoms with Crippen molar-refractivity contribution < 1.29 is 9.90 Å². The summed E-state index contributed by atoms with van der Waals surface area (Å²) in [4.78, 5) is 15.1. The second kappa shape index (κ2) is 7.05. The van der Waals surface area contributed by atoms with E-state index in [-0.39, 0.29) is 17.9 Å². The van der Waals surface area contributed by atoms with Crippen LogP contribution >= 0.6 is 11.6 Å². The highest BCUT2D eigenvalue weighted by Gasteiger charge is 2.50. The standard InChI is InChI=1S/C22H24ClNO2/c23-18-12-10-16(11-13-18)21(25)24-15-14-22(26,17-6-2-1-3-7-17)19-8-4-5-9-20(19)24/h1-3,6-7,10-13,19-20,26H,4-5,8-9,14-15H2/t19-,20-,22-/m0/s1. The Morgan fingerprint density at radius 3 is 2.46 bits per heavy atom. The van der Waals surface area contributed by atoms with Crippen LogP contribution in [0.4, 0.5) is 0 Å². The highest BCUT2D eigenvalue weighted by Crippen LogP contribution is 2.47. The predicted octanol–water partition coefficient (Wildman–Crippen LogP) is 4.63. The van der Waals surface area contributed by atoms with Crippen molar-refractivity contribution in [3.63, 3.8) is 0 Å². The van der Waals surface area contributed by atoms with Gasteiger partial charge in [0.25, 0.3) is 5.91 Å². The third-order valence-electron chi connectivity index (χ3n) is 6.10. The van der Waals surface area contributed by atoms with E-state index >= 15 is 0 Å². The molecule has 2 fully saturated rings. The first kappa shape index (κ1) is 17.6. The highest BCUT2D eigenvalue weighted by atomic mass is 35.5. The molecule has 1 amide bonds. The summed E-state index contributed by atoms with van der Waals surface area (Å²) in [6.45, 7) is 0.577. The number of amides is 1. The first-order valence-electron chi connectivity index (χ1n) is 9.44. The molecule has 0 unspecified atom stereocenters. The molecule has 3 atom stereocenters. The zero-order valence-corrected chi connectivity index (χ0v) is 15.5. The molecule has 1 aliphatic heterocycles. The SMILES string of the molecule is O=C(c1ccc(Cl)cc1)N1CC[C@](O)(c2ccccc2)[C@H]2CCCC[C@@H]21. The number of nitrogens with zero attached hydrogens (tertiary/aromatic N) is 1. The molecule has 1 aliphatic carbocycles. The van der Waals surface area contributed by atoms with Crippen LogP contribution in [0.15, 0.2) is 54.6 Å².